The predicted molar refractivity (Wildman–Crippen MR) is 76.4 cm³/mol. The average molecular weight is 274 g/mol. The third-order valence-corrected chi connectivity index (χ3v) is 5.37. The van der Waals surface area contributed by atoms with E-state index >= 15 is 0 Å². The topological polar surface area (TPSA) is 27.1 Å². The van der Waals surface area contributed by atoms with Gasteiger partial charge in [0.1, 0.15) is 0 Å². The molecule has 0 amide bonds. The van der Waals surface area contributed by atoms with Crippen molar-refractivity contribution in [1.29, 1.82) is 0 Å². The molecule has 0 spiro atoms. The Hall–Kier alpha value is -1.13. The summed E-state index contributed by atoms with van der Waals surface area (Å²) >= 11 is 1.89. The number of hydrogen-bond donors (Lipinski definition) is 0. The van der Waals surface area contributed by atoms with Crippen molar-refractivity contribution in [3.8, 4) is 11.3 Å². The Morgan fingerprint density at radius 3 is 3.21 bits per heavy atom. The lowest BCUT2D eigenvalue weighted by Crippen LogP contribution is -2.37. The molecule has 0 aliphatic carbocycles. The number of nitrogens with zero attached hydrogens (tertiary/aromatic N) is 2. The molecular formula is C15H18N2OS. The SMILES string of the molecule is CC1(C)C[C@H](C2c3sccc3-c3cncn32)CCO1. The van der Waals surface area contributed by atoms with Gasteiger partial charge in [0.05, 0.1) is 29.9 Å². The first-order chi connectivity index (χ1) is 9.16. The maximum absolute atomic E-state index is 5.87. The molecule has 0 N–H and O–H groups in total. The fourth-order valence-electron chi connectivity index (χ4n) is 3.61. The molecule has 2 aliphatic rings. The van der Waals surface area contributed by atoms with Crippen molar-refractivity contribution in [2.45, 2.75) is 38.3 Å². The van der Waals surface area contributed by atoms with Crippen molar-refractivity contribution in [2.75, 3.05) is 6.61 Å². The maximum atomic E-state index is 5.87. The third kappa shape index (κ3) is 1.70. The van der Waals surface area contributed by atoms with Crippen LogP contribution in [-0.4, -0.2) is 21.8 Å². The van der Waals surface area contributed by atoms with Gasteiger partial charge in [-0.25, -0.2) is 4.98 Å². The van der Waals surface area contributed by atoms with Crippen molar-refractivity contribution in [3.05, 3.63) is 28.8 Å². The van der Waals surface area contributed by atoms with Gasteiger partial charge < -0.3 is 9.30 Å². The summed E-state index contributed by atoms with van der Waals surface area (Å²) in [7, 11) is 0. The van der Waals surface area contributed by atoms with Gasteiger partial charge in [-0.05, 0) is 44.1 Å². The largest absolute Gasteiger partial charge is 0.376 e. The van der Waals surface area contributed by atoms with Gasteiger partial charge in [0.25, 0.3) is 0 Å². The van der Waals surface area contributed by atoms with Crippen LogP contribution >= 0.6 is 11.3 Å². The quantitative estimate of drug-likeness (QED) is 0.792. The van der Waals surface area contributed by atoms with Crippen LogP contribution in [-0.2, 0) is 4.74 Å². The molecule has 4 rings (SSSR count). The second-order valence-corrected chi connectivity index (χ2v) is 7.14. The molecule has 1 fully saturated rings. The highest BCUT2D eigenvalue weighted by molar-refractivity contribution is 7.10. The van der Waals surface area contributed by atoms with E-state index in [1.807, 2.05) is 23.9 Å². The first-order valence-corrected chi connectivity index (χ1v) is 7.77. The van der Waals surface area contributed by atoms with Gasteiger partial charge in [0, 0.05) is 17.0 Å². The lowest BCUT2D eigenvalue weighted by molar-refractivity contribution is -0.0778. The summed E-state index contributed by atoms with van der Waals surface area (Å²) in [6.45, 7) is 5.29. The molecule has 2 aliphatic heterocycles. The third-order valence-electron chi connectivity index (χ3n) is 4.39. The molecule has 19 heavy (non-hydrogen) atoms. The van der Waals surface area contributed by atoms with Crippen LogP contribution in [0.5, 0.6) is 0 Å². The number of aromatic nitrogens is 2. The van der Waals surface area contributed by atoms with Crippen LogP contribution in [0.4, 0.5) is 0 Å². The highest BCUT2D eigenvalue weighted by Gasteiger charge is 2.40. The molecule has 4 heterocycles. The average Bonchev–Trinajstić information content (AvgIpc) is 2.98. The Labute approximate surface area is 117 Å². The lowest BCUT2D eigenvalue weighted by atomic mass is 9.83. The molecule has 0 saturated carbocycles. The summed E-state index contributed by atoms with van der Waals surface area (Å²) in [5, 5.41) is 2.21. The number of ether oxygens (including phenoxy) is 1. The van der Waals surface area contributed by atoms with E-state index in [-0.39, 0.29) is 5.60 Å². The standard InChI is InChI=1S/C15H18N2OS/c1-15(2)7-10(3-5-18-15)13-14-11(4-6-19-14)12-8-16-9-17(12)13/h4,6,8-10,13H,3,5,7H2,1-2H3/t10-,13?/m1/s1. The minimum Gasteiger partial charge on any atom is -0.376 e. The van der Waals surface area contributed by atoms with E-state index in [1.165, 1.54) is 16.1 Å². The second-order valence-electron chi connectivity index (χ2n) is 6.19. The van der Waals surface area contributed by atoms with Gasteiger partial charge >= 0.3 is 0 Å². The summed E-state index contributed by atoms with van der Waals surface area (Å²) in [6, 6.07) is 2.70. The van der Waals surface area contributed by atoms with Crippen molar-refractivity contribution < 1.29 is 4.74 Å². The summed E-state index contributed by atoms with van der Waals surface area (Å²) in [6.07, 6.45) is 6.25. The molecule has 0 radical (unpaired) electrons. The zero-order valence-corrected chi connectivity index (χ0v) is 12.1. The van der Waals surface area contributed by atoms with Gasteiger partial charge in [-0.1, -0.05) is 0 Å². The van der Waals surface area contributed by atoms with Gasteiger partial charge in [0.2, 0.25) is 0 Å². The number of fused-ring (bicyclic) bond motifs is 3. The molecule has 4 heteroatoms. The van der Waals surface area contributed by atoms with Crippen LogP contribution in [0.2, 0.25) is 0 Å². The lowest BCUT2D eigenvalue weighted by Gasteiger charge is -2.38. The minimum absolute atomic E-state index is 0.00365. The Balaban J connectivity index is 1.76. The summed E-state index contributed by atoms with van der Waals surface area (Å²) in [4.78, 5) is 5.85. The van der Waals surface area contributed by atoms with Crippen LogP contribution in [0.1, 0.15) is 37.6 Å². The summed E-state index contributed by atoms with van der Waals surface area (Å²) < 4.78 is 8.24. The van der Waals surface area contributed by atoms with Crippen LogP contribution in [0.3, 0.4) is 0 Å². The zero-order chi connectivity index (χ0) is 13.0. The molecule has 3 nitrogen and oxygen atoms in total. The Kier molecular flexibility index (Phi) is 2.42. The molecule has 2 aromatic rings. The molecular weight excluding hydrogens is 256 g/mol. The molecule has 100 valence electrons. The molecule has 1 unspecified atom stereocenters. The normalized spacial score (nSPS) is 28.1. The molecule has 2 atom stereocenters. The van der Waals surface area contributed by atoms with E-state index in [1.54, 1.807) is 0 Å². The Morgan fingerprint density at radius 2 is 2.37 bits per heavy atom. The maximum Gasteiger partial charge on any atom is 0.0957 e. The van der Waals surface area contributed by atoms with Crippen molar-refractivity contribution in [2.24, 2.45) is 5.92 Å². The van der Waals surface area contributed by atoms with Crippen LogP contribution in [0.25, 0.3) is 11.3 Å². The molecule has 0 bridgehead atoms. The van der Waals surface area contributed by atoms with E-state index in [0.717, 1.165) is 19.4 Å². The molecule has 1 saturated heterocycles. The van der Waals surface area contributed by atoms with E-state index < -0.39 is 0 Å². The predicted octanol–water partition coefficient (Wildman–Crippen LogP) is 3.72. The van der Waals surface area contributed by atoms with Crippen molar-refractivity contribution in [3.63, 3.8) is 0 Å². The van der Waals surface area contributed by atoms with Crippen molar-refractivity contribution in [1.82, 2.24) is 9.55 Å². The Morgan fingerprint density at radius 1 is 1.47 bits per heavy atom. The van der Waals surface area contributed by atoms with Crippen LogP contribution < -0.4 is 0 Å². The van der Waals surface area contributed by atoms with E-state index in [4.69, 9.17) is 4.74 Å². The number of thiophene rings is 1. The van der Waals surface area contributed by atoms with E-state index in [9.17, 15) is 0 Å². The zero-order valence-electron chi connectivity index (χ0n) is 11.3. The number of hydrogen-bond acceptors (Lipinski definition) is 3. The minimum atomic E-state index is 0.00365. The molecule has 2 aromatic heterocycles. The first-order valence-electron chi connectivity index (χ1n) is 6.89. The monoisotopic (exact) mass is 274 g/mol. The Bertz CT molecular complexity index is 573. The summed E-state index contributed by atoms with van der Waals surface area (Å²) in [5.41, 5.74) is 2.67. The van der Waals surface area contributed by atoms with Crippen LogP contribution in [0.15, 0.2) is 24.0 Å². The van der Waals surface area contributed by atoms with Gasteiger partial charge in [0.15, 0.2) is 0 Å². The van der Waals surface area contributed by atoms with Gasteiger partial charge in [-0.2, -0.15) is 0 Å². The fourth-order valence-corrected chi connectivity index (χ4v) is 4.71. The van der Waals surface area contributed by atoms with E-state index in [0.29, 0.717) is 12.0 Å². The fraction of sp³-hybridized carbons (Fsp3) is 0.533. The molecule has 0 aromatic carbocycles. The number of rotatable bonds is 1. The highest BCUT2D eigenvalue weighted by atomic mass is 32.1. The second kappa shape index (κ2) is 3.93. The smallest absolute Gasteiger partial charge is 0.0957 e. The summed E-state index contributed by atoms with van der Waals surface area (Å²) in [5.74, 6) is 0.650. The highest BCUT2D eigenvalue weighted by Crippen LogP contribution is 2.49. The first kappa shape index (κ1) is 11.7. The van der Waals surface area contributed by atoms with Crippen LogP contribution in [0, 0.1) is 5.92 Å². The van der Waals surface area contributed by atoms with Gasteiger partial charge in [-0.15, -0.1) is 11.3 Å². The van der Waals surface area contributed by atoms with Gasteiger partial charge in [-0.3, -0.25) is 0 Å². The number of imidazole rings is 1. The van der Waals surface area contributed by atoms with Crippen molar-refractivity contribution >= 4 is 11.3 Å². The van der Waals surface area contributed by atoms with E-state index in [2.05, 4.69) is 34.8 Å².